The Bertz CT molecular complexity index is 492. The largest absolute Gasteiger partial charge is 0.467 e. The van der Waals surface area contributed by atoms with Crippen LogP contribution in [0, 0.1) is 0 Å². The lowest BCUT2D eigenvalue weighted by atomic mass is 9.98. The van der Waals surface area contributed by atoms with E-state index in [4.69, 9.17) is 18.9 Å². The van der Waals surface area contributed by atoms with E-state index in [-0.39, 0.29) is 0 Å². The smallest absolute Gasteiger partial charge is 0.339 e. The van der Waals surface area contributed by atoms with E-state index in [1.165, 1.54) is 0 Å². The number of hydrogen-bond acceptors (Lipinski definition) is 9. The van der Waals surface area contributed by atoms with E-state index in [0.29, 0.717) is 0 Å². The number of esters is 4. The molecule has 0 bridgehead atoms. The van der Waals surface area contributed by atoms with Crippen LogP contribution in [0.15, 0.2) is 0 Å². The van der Waals surface area contributed by atoms with Crippen molar-refractivity contribution in [2.24, 2.45) is 0 Å². The molecular formula is C13H17FO9. The van der Waals surface area contributed by atoms with Crippen LogP contribution in [0.3, 0.4) is 0 Å². The second kappa shape index (κ2) is 7.86. The zero-order chi connectivity index (χ0) is 17.7. The molecular weight excluding hydrogens is 319 g/mol. The fourth-order valence-corrected chi connectivity index (χ4v) is 2.07. The molecule has 23 heavy (non-hydrogen) atoms. The fraction of sp³-hybridized carbons (Fsp3) is 0.692. The van der Waals surface area contributed by atoms with E-state index in [0.717, 1.165) is 27.9 Å². The highest BCUT2D eigenvalue weighted by Gasteiger charge is 2.55. The summed E-state index contributed by atoms with van der Waals surface area (Å²) >= 11 is 0. The van der Waals surface area contributed by atoms with Gasteiger partial charge in [0.25, 0.3) is 0 Å². The molecule has 0 aliphatic carbocycles. The number of carbonyl (C=O) groups excluding carboxylic acids is 4. The molecule has 9 nitrogen and oxygen atoms in total. The van der Waals surface area contributed by atoms with E-state index in [1.54, 1.807) is 0 Å². The van der Waals surface area contributed by atoms with Crippen molar-refractivity contribution >= 4 is 23.9 Å². The van der Waals surface area contributed by atoms with Gasteiger partial charge in [-0.2, -0.15) is 0 Å². The summed E-state index contributed by atoms with van der Waals surface area (Å²) in [5, 5.41) is 0. The molecule has 1 fully saturated rings. The molecule has 1 heterocycles. The number of rotatable bonds is 4. The van der Waals surface area contributed by atoms with Crippen LogP contribution in [0.25, 0.3) is 0 Å². The zero-order valence-corrected chi connectivity index (χ0v) is 12.9. The molecule has 130 valence electrons. The SMILES string of the molecule is COC(=O)[C@H]1O[C@H](F)[C@H](OC(C)=O)[C@@H](OC(C)=O)[C@@H]1OC(C)=O. The Morgan fingerprint density at radius 2 is 1.26 bits per heavy atom. The topological polar surface area (TPSA) is 114 Å². The Kier molecular flexibility index (Phi) is 6.43. The van der Waals surface area contributed by atoms with Gasteiger partial charge in [0, 0.05) is 20.8 Å². The molecule has 0 aromatic heterocycles. The van der Waals surface area contributed by atoms with Gasteiger partial charge in [-0.05, 0) is 0 Å². The van der Waals surface area contributed by atoms with Gasteiger partial charge in [0.1, 0.15) is 0 Å². The van der Waals surface area contributed by atoms with Gasteiger partial charge in [-0.25, -0.2) is 9.18 Å². The Morgan fingerprint density at radius 1 is 0.826 bits per heavy atom. The zero-order valence-electron chi connectivity index (χ0n) is 12.9. The summed E-state index contributed by atoms with van der Waals surface area (Å²) in [6.45, 7) is 3.05. The summed E-state index contributed by atoms with van der Waals surface area (Å²) in [7, 11) is 1.02. The molecule has 0 spiro atoms. The second-order valence-corrected chi connectivity index (χ2v) is 4.65. The maximum Gasteiger partial charge on any atom is 0.339 e. The van der Waals surface area contributed by atoms with E-state index in [1.807, 2.05) is 0 Å². The molecule has 0 unspecified atom stereocenters. The Labute approximate surface area is 130 Å². The van der Waals surface area contributed by atoms with Gasteiger partial charge < -0.3 is 23.7 Å². The third-order valence-electron chi connectivity index (χ3n) is 2.82. The van der Waals surface area contributed by atoms with Crippen LogP contribution >= 0.6 is 0 Å². The predicted octanol–water partition coefficient (Wildman–Crippen LogP) is -0.351. The summed E-state index contributed by atoms with van der Waals surface area (Å²) in [6.07, 6.45) is -8.80. The van der Waals surface area contributed by atoms with E-state index < -0.39 is 54.7 Å². The molecule has 0 aromatic carbocycles. The van der Waals surface area contributed by atoms with Crippen LogP contribution in [0.2, 0.25) is 0 Å². The molecule has 5 atom stereocenters. The monoisotopic (exact) mass is 336 g/mol. The first-order valence-electron chi connectivity index (χ1n) is 6.56. The Morgan fingerprint density at radius 3 is 1.70 bits per heavy atom. The van der Waals surface area contributed by atoms with E-state index >= 15 is 0 Å². The maximum absolute atomic E-state index is 14.1. The molecule has 10 heteroatoms. The third kappa shape index (κ3) is 4.88. The Balaban J connectivity index is 3.21. The lowest BCUT2D eigenvalue weighted by molar-refractivity contribution is -0.271. The van der Waals surface area contributed by atoms with Crippen molar-refractivity contribution in [1.29, 1.82) is 0 Å². The van der Waals surface area contributed by atoms with Gasteiger partial charge in [-0.15, -0.1) is 0 Å². The van der Waals surface area contributed by atoms with Gasteiger partial charge in [-0.1, -0.05) is 0 Å². The van der Waals surface area contributed by atoms with Crippen LogP contribution in [-0.4, -0.2) is 61.8 Å². The average molecular weight is 336 g/mol. The standard InChI is InChI=1S/C13H17FO9/c1-5(15)20-8-9(21-6(2)16)11(13(18)19-4)23-12(14)10(8)22-7(3)17/h8-12H,1-4H3/t8-,9-,10+,11-,12-/m0/s1. The van der Waals surface area contributed by atoms with Crippen molar-refractivity contribution in [1.82, 2.24) is 0 Å². The quantitative estimate of drug-likeness (QED) is 0.502. The van der Waals surface area contributed by atoms with Crippen molar-refractivity contribution in [2.75, 3.05) is 7.11 Å². The van der Waals surface area contributed by atoms with E-state index in [9.17, 15) is 23.6 Å². The fourth-order valence-electron chi connectivity index (χ4n) is 2.07. The van der Waals surface area contributed by atoms with Gasteiger partial charge in [0.05, 0.1) is 7.11 Å². The molecule has 0 aromatic rings. The first-order chi connectivity index (χ1) is 10.7. The number of alkyl halides is 1. The molecule has 1 aliphatic rings. The summed E-state index contributed by atoms with van der Waals surface area (Å²) < 4.78 is 37.9. The highest BCUT2D eigenvalue weighted by atomic mass is 19.1. The molecule has 1 saturated heterocycles. The van der Waals surface area contributed by atoms with Crippen LogP contribution in [-0.2, 0) is 42.9 Å². The summed E-state index contributed by atoms with van der Waals surface area (Å²) in [6, 6.07) is 0. The minimum Gasteiger partial charge on any atom is -0.467 e. The molecule has 0 saturated carbocycles. The number of halogens is 1. The van der Waals surface area contributed by atoms with Crippen molar-refractivity contribution < 1.29 is 47.3 Å². The number of carbonyl (C=O) groups is 4. The van der Waals surface area contributed by atoms with Crippen molar-refractivity contribution in [2.45, 2.75) is 51.5 Å². The van der Waals surface area contributed by atoms with Crippen LogP contribution < -0.4 is 0 Å². The van der Waals surface area contributed by atoms with Crippen LogP contribution in [0.1, 0.15) is 20.8 Å². The van der Waals surface area contributed by atoms with Crippen molar-refractivity contribution in [3.63, 3.8) is 0 Å². The van der Waals surface area contributed by atoms with Gasteiger partial charge in [-0.3, -0.25) is 14.4 Å². The lowest BCUT2D eigenvalue weighted by Gasteiger charge is -2.40. The van der Waals surface area contributed by atoms with E-state index in [2.05, 4.69) is 4.74 Å². The van der Waals surface area contributed by atoms with Gasteiger partial charge >= 0.3 is 23.9 Å². The second-order valence-electron chi connectivity index (χ2n) is 4.65. The molecule has 0 radical (unpaired) electrons. The minimum absolute atomic E-state index is 0.844. The Hall–Kier alpha value is -2.23. The van der Waals surface area contributed by atoms with Gasteiger partial charge in [0.2, 0.25) is 6.36 Å². The highest BCUT2D eigenvalue weighted by molar-refractivity contribution is 5.77. The van der Waals surface area contributed by atoms with Crippen molar-refractivity contribution in [3.05, 3.63) is 0 Å². The lowest BCUT2D eigenvalue weighted by Crippen LogP contribution is -2.62. The van der Waals surface area contributed by atoms with Crippen LogP contribution in [0.5, 0.6) is 0 Å². The maximum atomic E-state index is 14.1. The normalized spacial score (nSPS) is 30.0. The number of hydrogen-bond donors (Lipinski definition) is 0. The molecule has 0 amide bonds. The number of methoxy groups -OCH3 is 1. The molecule has 0 N–H and O–H groups in total. The predicted molar refractivity (Wildman–Crippen MR) is 68.4 cm³/mol. The summed E-state index contributed by atoms with van der Waals surface area (Å²) in [5.74, 6) is -3.63. The average Bonchev–Trinajstić information content (AvgIpc) is 2.43. The first kappa shape index (κ1) is 18.8. The van der Waals surface area contributed by atoms with Crippen LogP contribution in [0.4, 0.5) is 4.39 Å². The number of ether oxygens (including phenoxy) is 5. The highest BCUT2D eigenvalue weighted by Crippen LogP contribution is 2.30. The van der Waals surface area contributed by atoms with Crippen molar-refractivity contribution in [3.8, 4) is 0 Å². The van der Waals surface area contributed by atoms with Gasteiger partial charge in [0.15, 0.2) is 24.4 Å². The summed E-state index contributed by atoms with van der Waals surface area (Å²) in [4.78, 5) is 45.3. The molecule has 1 rings (SSSR count). The first-order valence-corrected chi connectivity index (χ1v) is 6.56. The molecule has 1 aliphatic heterocycles. The third-order valence-corrected chi connectivity index (χ3v) is 2.82. The summed E-state index contributed by atoms with van der Waals surface area (Å²) in [5.41, 5.74) is 0. The minimum atomic E-state index is -2.29.